The summed E-state index contributed by atoms with van der Waals surface area (Å²) in [6.45, 7) is 3.27. The minimum atomic E-state index is -1.22. The van der Waals surface area contributed by atoms with Gasteiger partial charge in [0.15, 0.2) is 11.7 Å². The second kappa shape index (κ2) is 7.79. The number of nitrogens with zero attached hydrogens (tertiary/aromatic N) is 2. The monoisotopic (exact) mass is 339 g/mol. The fourth-order valence-electron chi connectivity index (χ4n) is 3.88. The van der Waals surface area contributed by atoms with Gasteiger partial charge in [-0.3, -0.25) is 14.5 Å². The van der Waals surface area contributed by atoms with Gasteiger partial charge >= 0.3 is 0 Å². The number of rotatable bonds is 5. The SMILES string of the molecule is C[C@H](C(=O)[C@@H](C#N)C(=O)NC1CCCC1)N1CCc2ccccc2C1. The number of hydrogen-bond donors (Lipinski definition) is 1. The van der Waals surface area contributed by atoms with E-state index in [1.165, 1.54) is 11.1 Å². The maximum Gasteiger partial charge on any atom is 0.245 e. The number of carbonyl (C=O) groups excluding carboxylic acids is 2. The first-order chi connectivity index (χ1) is 12.1. The van der Waals surface area contributed by atoms with Gasteiger partial charge in [0.25, 0.3) is 0 Å². The first kappa shape index (κ1) is 17.6. The lowest BCUT2D eigenvalue weighted by molar-refractivity contribution is -0.135. The summed E-state index contributed by atoms with van der Waals surface area (Å²) in [6.07, 6.45) is 4.96. The number of Topliss-reactive ketones (excluding diaryl/α,β-unsaturated/α-hetero) is 1. The predicted molar refractivity (Wildman–Crippen MR) is 94.5 cm³/mol. The fraction of sp³-hybridized carbons (Fsp3) is 0.550. The molecule has 0 radical (unpaired) electrons. The fourth-order valence-corrected chi connectivity index (χ4v) is 3.88. The number of amides is 1. The highest BCUT2D eigenvalue weighted by atomic mass is 16.2. The van der Waals surface area contributed by atoms with Crippen LogP contribution in [0.25, 0.3) is 0 Å². The normalized spacial score (nSPS) is 20.3. The molecule has 0 unspecified atom stereocenters. The molecule has 1 fully saturated rings. The van der Waals surface area contributed by atoms with Gasteiger partial charge in [-0.25, -0.2) is 0 Å². The summed E-state index contributed by atoms with van der Waals surface area (Å²) in [7, 11) is 0. The third-order valence-corrected chi connectivity index (χ3v) is 5.50. The van der Waals surface area contributed by atoms with Gasteiger partial charge in [0, 0.05) is 19.1 Å². The molecule has 1 saturated carbocycles. The first-order valence-corrected chi connectivity index (χ1v) is 9.14. The summed E-state index contributed by atoms with van der Waals surface area (Å²) in [5.41, 5.74) is 2.53. The van der Waals surface area contributed by atoms with Crippen molar-refractivity contribution < 1.29 is 9.59 Å². The van der Waals surface area contributed by atoms with E-state index < -0.39 is 17.9 Å². The number of carbonyl (C=O) groups is 2. The van der Waals surface area contributed by atoms with Crippen LogP contribution in [0.5, 0.6) is 0 Å². The molecule has 0 spiro atoms. The molecule has 5 nitrogen and oxygen atoms in total. The molecule has 132 valence electrons. The Labute approximate surface area is 149 Å². The van der Waals surface area contributed by atoms with Crippen LogP contribution in [0.4, 0.5) is 0 Å². The Hall–Kier alpha value is -2.19. The molecule has 0 aromatic heterocycles. The molecule has 1 heterocycles. The maximum absolute atomic E-state index is 12.8. The zero-order valence-corrected chi connectivity index (χ0v) is 14.7. The lowest BCUT2D eigenvalue weighted by Gasteiger charge is -2.33. The van der Waals surface area contributed by atoms with Gasteiger partial charge in [0.05, 0.1) is 12.1 Å². The number of fused-ring (bicyclic) bond motifs is 1. The summed E-state index contributed by atoms with van der Waals surface area (Å²) < 4.78 is 0. The minimum absolute atomic E-state index is 0.119. The predicted octanol–water partition coefficient (Wildman–Crippen LogP) is 2.20. The van der Waals surface area contributed by atoms with Crippen LogP contribution in [0.2, 0.25) is 0 Å². The highest BCUT2D eigenvalue weighted by Gasteiger charge is 2.35. The van der Waals surface area contributed by atoms with E-state index in [-0.39, 0.29) is 11.8 Å². The average Bonchev–Trinajstić information content (AvgIpc) is 3.14. The van der Waals surface area contributed by atoms with Crippen molar-refractivity contribution in [1.82, 2.24) is 10.2 Å². The van der Waals surface area contributed by atoms with Crippen LogP contribution in [-0.4, -0.2) is 35.2 Å². The zero-order chi connectivity index (χ0) is 17.8. The first-order valence-electron chi connectivity index (χ1n) is 9.14. The van der Waals surface area contributed by atoms with E-state index in [9.17, 15) is 14.9 Å². The molecular formula is C20H25N3O2. The van der Waals surface area contributed by atoms with E-state index in [1.807, 2.05) is 25.1 Å². The lowest BCUT2D eigenvalue weighted by atomic mass is 9.94. The highest BCUT2D eigenvalue weighted by molar-refractivity contribution is 6.06. The van der Waals surface area contributed by atoms with Crippen LogP contribution in [0, 0.1) is 17.2 Å². The zero-order valence-electron chi connectivity index (χ0n) is 14.7. The minimum Gasteiger partial charge on any atom is -0.352 e. The molecule has 1 aliphatic heterocycles. The van der Waals surface area contributed by atoms with Crippen LogP contribution in [-0.2, 0) is 22.6 Å². The van der Waals surface area contributed by atoms with Crippen LogP contribution in [0.1, 0.15) is 43.7 Å². The summed E-state index contributed by atoms with van der Waals surface area (Å²) in [5, 5.41) is 12.3. The summed E-state index contributed by atoms with van der Waals surface area (Å²) in [6, 6.07) is 9.83. The standard InChI is InChI=1S/C20H25N3O2/c1-14(23-11-10-15-6-2-3-7-16(15)13-23)19(24)18(12-21)20(25)22-17-8-4-5-9-17/h2-3,6-7,14,17-18H,4-5,8-11,13H2,1H3,(H,22,25)/t14-,18-/m1/s1. The largest absolute Gasteiger partial charge is 0.352 e. The third kappa shape index (κ3) is 3.91. The Morgan fingerprint density at radius 2 is 1.92 bits per heavy atom. The second-order valence-electron chi connectivity index (χ2n) is 7.12. The van der Waals surface area contributed by atoms with Gasteiger partial charge in [-0.1, -0.05) is 37.1 Å². The van der Waals surface area contributed by atoms with Gasteiger partial charge in [-0.2, -0.15) is 5.26 Å². The molecule has 3 rings (SSSR count). The van der Waals surface area contributed by atoms with E-state index >= 15 is 0 Å². The van der Waals surface area contributed by atoms with Gasteiger partial charge in [0.1, 0.15) is 0 Å². The molecular weight excluding hydrogens is 314 g/mol. The quantitative estimate of drug-likeness (QED) is 0.835. The number of ketones is 1. The molecule has 1 N–H and O–H groups in total. The van der Waals surface area contributed by atoms with Crippen LogP contribution in [0.15, 0.2) is 24.3 Å². The second-order valence-corrected chi connectivity index (χ2v) is 7.12. The molecule has 1 amide bonds. The van der Waals surface area contributed by atoms with Gasteiger partial charge in [-0.05, 0) is 37.3 Å². The summed E-state index contributed by atoms with van der Waals surface area (Å²) in [5.74, 6) is -1.94. The molecule has 0 bridgehead atoms. The molecule has 0 saturated heterocycles. The van der Waals surface area contributed by atoms with Gasteiger partial charge in [-0.15, -0.1) is 0 Å². The molecule has 1 aromatic carbocycles. The van der Waals surface area contributed by atoms with E-state index in [0.717, 1.165) is 38.6 Å². The Morgan fingerprint density at radius 1 is 1.24 bits per heavy atom. The van der Waals surface area contributed by atoms with E-state index in [1.54, 1.807) is 0 Å². The van der Waals surface area contributed by atoms with Gasteiger partial charge < -0.3 is 5.32 Å². The highest BCUT2D eigenvalue weighted by Crippen LogP contribution is 2.22. The molecule has 1 aliphatic carbocycles. The van der Waals surface area contributed by atoms with Gasteiger partial charge in [0.2, 0.25) is 5.91 Å². The van der Waals surface area contributed by atoms with Crippen molar-refractivity contribution in [2.45, 2.75) is 57.7 Å². The summed E-state index contributed by atoms with van der Waals surface area (Å²) >= 11 is 0. The smallest absolute Gasteiger partial charge is 0.245 e. The number of nitrogens with one attached hydrogen (secondary N) is 1. The number of benzene rings is 1. The Balaban J connectivity index is 1.64. The van der Waals surface area contributed by atoms with Crippen LogP contribution >= 0.6 is 0 Å². The maximum atomic E-state index is 12.8. The number of nitriles is 1. The van der Waals surface area contributed by atoms with E-state index in [2.05, 4.69) is 22.3 Å². The van der Waals surface area contributed by atoms with Crippen molar-refractivity contribution in [3.8, 4) is 6.07 Å². The lowest BCUT2D eigenvalue weighted by Crippen LogP contribution is -2.48. The van der Waals surface area contributed by atoms with Crippen molar-refractivity contribution >= 4 is 11.7 Å². The molecule has 2 aliphatic rings. The van der Waals surface area contributed by atoms with Crippen molar-refractivity contribution in [1.29, 1.82) is 5.26 Å². The number of hydrogen-bond acceptors (Lipinski definition) is 4. The van der Waals surface area contributed by atoms with E-state index in [4.69, 9.17) is 0 Å². The van der Waals surface area contributed by atoms with Crippen LogP contribution in [0.3, 0.4) is 0 Å². The third-order valence-electron chi connectivity index (χ3n) is 5.50. The molecule has 25 heavy (non-hydrogen) atoms. The molecule has 2 atom stereocenters. The van der Waals surface area contributed by atoms with Crippen molar-refractivity contribution in [2.75, 3.05) is 6.54 Å². The topological polar surface area (TPSA) is 73.2 Å². The van der Waals surface area contributed by atoms with Crippen molar-refractivity contribution in [2.24, 2.45) is 5.92 Å². The Morgan fingerprint density at radius 3 is 2.60 bits per heavy atom. The molecule has 1 aromatic rings. The van der Waals surface area contributed by atoms with Crippen LogP contribution < -0.4 is 5.32 Å². The van der Waals surface area contributed by atoms with E-state index in [0.29, 0.717) is 6.54 Å². The van der Waals surface area contributed by atoms with Crippen molar-refractivity contribution in [3.63, 3.8) is 0 Å². The summed E-state index contributed by atoms with van der Waals surface area (Å²) in [4.78, 5) is 27.2. The molecule has 5 heteroatoms. The Kier molecular flexibility index (Phi) is 5.50. The average molecular weight is 339 g/mol. The van der Waals surface area contributed by atoms with Crippen molar-refractivity contribution in [3.05, 3.63) is 35.4 Å². The Bertz CT molecular complexity index is 688.